The van der Waals surface area contributed by atoms with Crippen molar-refractivity contribution in [1.29, 1.82) is 0 Å². The maximum absolute atomic E-state index is 5.68. The Morgan fingerprint density at radius 1 is 1.00 bits per heavy atom. The summed E-state index contributed by atoms with van der Waals surface area (Å²) in [5, 5.41) is 3.34. The van der Waals surface area contributed by atoms with Crippen molar-refractivity contribution in [1.82, 2.24) is 0 Å². The molecule has 0 aromatic heterocycles. The molecule has 2 aromatic carbocycles. The highest BCUT2D eigenvalue weighted by atomic mass is 32.2. The van der Waals surface area contributed by atoms with Gasteiger partial charge in [0.15, 0.2) is 0 Å². The molecule has 0 atom stereocenters. The summed E-state index contributed by atoms with van der Waals surface area (Å²) >= 11 is 1.74. The molecule has 0 saturated carbocycles. The Morgan fingerprint density at radius 3 is 2.32 bits per heavy atom. The van der Waals surface area contributed by atoms with Gasteiger partial charge in [-0.05, 0) is 49.6 Å². The van der Waals surface area contributed by atoms with Gasteiger partial charge in [0.05, 0.1) is 0 Å². The van der Waals surface area contributed by atoms with Gasteiger partial charge in [0.2, 0.25) is 0 Å². The second-order valence-electron chi connectivity index (χ2n) is 4.32. The van der Waals surface area contributed by atoms with E-state index in [4.69, 9.17) is 4.74 Å². The zero-order valence-corrected chi connectivity index (χ0v) is 12.2. The second-order valence-corrected chi connectivity index (χ2v) is 5.20. The zero-order chi connectivity index (χ0) is 13.5. The van der Waals surface area contributed by atoms with E-state index in [1.165, 1.54) is 10.5 Å². The smallest absolute Gasteiger partial charge is 0.119 e. The first-order valence-electron chi connectivity index (χ1n) is 6.35. The van der Waals surface area contributed by atoms with Gasteiger partial charge in [-0.3, -0.25) is 0 Å². The lowest BCUT2D eigenvalue weighted by Crippen LogP contribution is -2.11. The predicted octanol–water partition coefficient (Wildman–Crippen LogP) is 4.21. The quantitative estimate of drug-likeness (QED) is 0.629. The fourth-order valence-corrected chi connectivity index (χ4v) is 2.12. The average Bonchev–Trinajstić information content (AvgIpc) is 2.46. The molecule has 0 amide bonds. The van der Waals surface area contributed by atoms with Crippen LogP contribution in [0.25, 0.3) is 0 Å². The Balaban J connectivity index is 1.72. The first-order chi connectivity index (χ1) is 9.28. The molecule has 0 spiro atoms. The van der Waals surface area contributed by atoms with Crippen LogP contribution in [-0.4, -0.2) is 19.4 Å². The molecule has 0 bridgehead atoms. The highest BCUT2D eigenvalue weighted by Crippen LogP contribution is 2.18. The summed E-state index contributed by atoms with van der Waals surface area (Å²) in [6.07, 6.45) is 2.07. The standard InChI is InChI=1S/C16H19NOS/c1-13-3-5-14(6-4-13)17-11-12-18-15-7-9-16(19-2)10-8-15/h3-10,17H,11-12H2,1-2H3. The minimum absolute atomic E-state index is 0.659. The van der Waals surface area contributed by atoms with Gasteiger partial charge < -0.3 is 10.1 Å². The van der Waals surface area contributed by atoms with Gasteiger partial charge in [-0.15, -0.1) is 11.8 Å². The summed E-state index contributed by atoms with van der Waals surface area (Å²) in [6, 6.07) is 16.6. The van der Waals surface area contributed by atoms with E-state index in [0.29, 0.717) is 6.61 Å². The summed E-state index contributed by atoms with van der Waals surface area (Å²) in [5.74, 6) is 0.920. The van der Waals surface area contributed by atoms with Crippen LogP contribution < -0.4 is 10.1 Å². The van der Waals surface area contributed by atoms with E-state index in [-0.39, 0.29) is 0 Å². The maximum Gasteiger partial charge on any atom is 0.119 e. The Kier molecular flexibility index (Phi) is 5.16. The summed E-state index contributed by atoms with van der Waals surface area (Å²) in [7, 11) is 0. The van der Waals surface area contributed by atoms with Crippen LogP contribution in [0.2, 0.25) is 0 Å². The number of ether oxygens (including phenoxy) is 1. The first-order valence-corrected chi connectivity index (χ1v) is 7.58. The number of aryl methyl sites for hydroxylation is 1. The first kappa shape index (κ1) is 13.8. The Hall–Kier alpha value is -1.61. The molecule has 2 aromatic rings. The fourth-order valence-electron chi connectivity index (χ4n) is 1.71. The van der Waals surface area contributed by atoms with E-state index >= 15 is 0 Å². The number of rotatable bonds is 6. The van der Waals surface area contributed by atoms with Crippen LogP contribution in [-0.2, 0) is 0 Å². The monoisotopic (exact) mass is 273 g/mol. The van der Waals surface area contributed by atoms with Gasteiger partial charge in [0.25, 0.3) is 0 Å². The molecule has 0 unspecified atom stereocenters. The minimum Gasteiger partial charge on any atom is -0.492 e. The summed E-state index contributed by atoms with van der Waals surface area (Å²) in [6.45, 7) is 3.55. The second kappa shape index (κ2) is 7.10. The van der Waals surface area contributed by atoms with Crippen molar-refractivity contribution in [3.63, 3.8) is 0 Å². The van der Waals surface area contributed by atoms with Gasteiger partial charge in [-0.1, -0.05) is 17.7 Å². The van der Waals surface area contributed by atoms with E-state index in [2.05, 4.69) is 54.9 Å². The minimum atomic E-state index is 0.659. The molecule has 0 saturated heterocycles. The molecule has 0 heterocycles. The van der Waals surface area contributed by atoms with Crippen molar-refractivity contribution in [2.75, 3.05) is 24.7 Å². The third kappa shape index (κ3) is 4.52. The van der Waals surface area contributed by atoms with Crippen molar-refractivity contribution >= 4 is 17.4 Å². The molecule has 0 radical (unpaired) electrons. The number of nitrogens with one attached hydrogen (secondary N) is 1. The zero-order valence-electron chi connectivity index (χ0n) is 11.3. The Morgan fingerprint density at radius 2 is 1.68 bits per heavy atom. The van der Waals surface area contributed by atoms with Gasteiger partial charge in [-0.25, -0.2) is 0 Å². The van der Waals surface area contributed by atoms with E-state index < -0.39 is 0 Å². The number of thioether (sulfide) groups is 1. The topological polar surface area (TPSA) is 21.3 Å². The summed E-state index contributed by atoms with van der Waals surface area (Å²) < 4.78 is 5.68. The number of hydrogen-bond acceptors (Lipinski definition) is 3. The molecule has 0 fully saturated rings. The van der Waals surface area contributed by atoms with Crippen molar-refractivity contribution in [2.45, 2.75) is 11.8 Å². The molecule has 100 valence electrons. The molecule has 0 aliphatic heterocycles. The van der Waals surface area contributed by atoms with Crippen molar-refractivity contribution in [3.8, 4) is 5.75 Å². The normalized spacial score (nSPS) is 10.2. The van der Waals surface area contributed by atoms with Crippen LogP contribution in [0.3, 0.4) is 0 Å². The average molecular weight is 273 g/mol. The van der Waals surface area contributed by atoms with Crippen LogP contribution in [0.4, 0.5) is 5.69 Å². The molecule has 3 heteroatoms. The molecular formula is C16H19NOS. The van der Waals surface area contributed by atoms with Crippen LogP contribution in [0, 0.1) is 6.92 Å². The maximum atomic E-state index is 5.68. The van der Waals surface area contributed by atoms with Crippen LogP contribution in [0.5, 0.6) is 5.75 Å². The third-order valence-electron chi connectivity index (χ3n) is 2.81. The van der Waals surface area contributed by atoms with Crippen molar-refractivity contribution in [2.24, 2.45) is 0 Å². The van der Waals surface area contributed by atoms with Crippen LogP contribution in [0.15, 0.2) is 53.4 Å². The van der Waals surface area contributed by atoms with Crippen LogP contribution >= 0.6 is 11.8 Å². The Bertz CT molecular complexity index is 493. The molecule has 1 N–H and O–H groups in total. The van der Waals surface area contributed by atoms with E-state index in [0.717, 1.165) is 18.0 Å². The molecule has 19 heavy (non-hydrogen) atoms. The van der Waals surface area contributed by atoms with Crippen LogP contribution in [0.1, 0.15) is 5.56 Å². The SMILES string of the molecule is CSc1ccc(OCCNc2ccc(C)cc2)cc1. The number of anilines is 1. The van der Waals surface area contributed by atoms with Crippen molar-refractivity contribution in [3.05, 3.63) is 54.1 Å². The lowest BCUT2D eigenvalue weighted by Gasteiger charge is -2.09. The molecule has 0 aliphatic carbocycles. The predicted molar refractivity (Wildman–Crippen MR) is 83.4 cm³/mol. The number of benzene rings is 2. The highest BCUT2D eigenvalue weighted by Gasteiger charge is 1.95. The highest BCUT2D eigenvalue weighted by molar-refractivity contribution is 7.98. The van der Waals surface area contributed by atoms with Crippen molar-refractivity contribution < 1.29 is 4.74 Å². The lowest BCUT2D eigenvalue weighted by atomic mass is 10.2. The fraction of sp³-hybridized carbons (Fsp3) is 0.250. The van der Waals surface area contributed by atoms with Gasteiger partial charge >= 0.3 is 0 Å². The largest absolute Gasteiger partial charge is 0.492 e. The molecular weight excluding hydrogens is 254 g/mol. The van der Waals surface area contributed by atoms with E-state index in [1.807, 2.05) is 12.1 Å². The lowest BCUT2D eigenvalue weighted by molar-refractivity contribution is 0.332. The van der Waals surface area contributed by atoms with E-state index in [1.54, 1.807) is 11.8 Å². The van der Waals surface area contributed by atoms with E-state index in [9.17, 15) is 0 Å². The third-order valence-corrected chi connectivity index (χ3v) is 3.55. The molecule has 0 aliphatic rings. The van der Waals surface area contributed by atoms with Gasteiger partial charge in [0.1, 0.15) is 12.4 Å². The number of hydrogen-bond donors (Lipinski definition) is 1. The van der Waals surface area contributed by atoms with Gasteiger partial charge in [0, 0.05) is 17.1 Å². The Labute approximate surface area is 119 Å². The molecule has 2 rings (SSSR count). The van der Waals surface area contributed by atoms with Gasteiger partial charge in [-0.2, -0.15) is 0 Å². The molecule has 2 nitrogen and oxygen atoms in total. The summed E-state index contributed by atoms with van der Waals surface area (Å²) in [5.41, 5.74) is 2.41. The summed E-state index contributed by atoms with van der Waals surface area (Å²) in [4.78, 5) is 1.25.